The van der Waals surface area contributed by atoms with E-state index in [9.17, 15) is 13.2 Å². The predicted molar refractivity (Wildman–Crippen MR) is 114 cm³/mol. The van der Waals surface area contributed by atoms with E-state index >= 15 is 0 Å². The molecule has 0 amide bonds. The molecule has 1 fully saturated rings. The third-order valence-corrected chi connectivity index (χ3v) is 6.24. The van der Waals surface area contributed by atoms with Crippen LogP contribution in [-0.2, 0) is 12.8 Å². The van der Waals surface area contributed by atoms with E-state index in [1.807, 2.05) is 19.1 Å². The first-order chi connectivity index (χ1) is 14.0. The number of unbranched alkanes of at least 4 members (excludes halogenated alkanes) is 1. The molecule has 0 saturated heterocycles. The van der Waals surface area contributed by atoms with Crippen LogP contribution in [0, 0.1) is 23.4 Å². The Hall–Kier alpha value is -2.03. The number of allylic oxidation sites excluding steroid dienone is 1. The van der Waals surface area contributed by atoms with E-state index in [-0.39, 0.29) is 5.82 Å². The van der Waals surface area contributed by atoms with Gasteiger partial charge in [-0.05, 0) is 79.5 Å². The van der Waals surface area contributed by atoms with Crippen molar-refractivity contribution in [2.24, 2.45) is 5.92 Å². The Labute approximate surface area is 172 Å². The van der Waals surface area contributed by atoms with Crippen molar-refractivity contribution in [2.45, 2.75) is 71.1 Å². The Morgan fingerprint density at radius 3 is 2.28 bits per heavy atom. The molecule has 1 aliphatic carbocycles. The molecule has 156 valence electrons. The lowest BCUT2D eigenvalue weighted by atomic mass is 9.78. The molecule has 0 atom stereocenters. The molecule has 0 aromatic heterocycles. The van der Waals surface area contributed by atoms with Crippen LogP contribution >= 0.6 is 0 Å². The lowest BCUT2D eigenvalue weighted by Crippen LogP contribution is -2.12. The highest BCUT2D eigenvalue weighted by atomic mass is 19.2. The van der Waals surface area contributed by atoms with Gasteiger partial charge in [0.25, 0.3) is 0 Å². The van der Waals surface area contributed by atoms with Crippen molar-refractivity contribution in [1.29, 1.82) is 0 Å². The highest BCUT2D eigenvalue weighted by molar-refractivity contribution is 5.51. The molecule has 0 aliphatic heterocycles. The maximum atomic E-state index is 14.4. The second-order valence-electron chi connectivity index (χ2n) is 8.22. The average molecular weight is 401 g/mol. The van der Waals surface area contributed by atoms with E-state index < -0.39 is 11.6 Å². The van der Waals surface area contributed by atoms with Crippen LogP contribution in [0.1, 0.15) is 80.5 Å². The van der Waals surface area contributed by atoms with Gasteiger partial charge in [-0.3, -0.25) is 0 Å². The Morgan fingerprint density at radius 2 is 1.62 bits per heavy atom. The number of hydrogen-bond donors (Lipinski definition) is 0. The van der Waals surface area contributed by atoms with Crippen molar-refractivity contribution >= 4 is 6.08 Å². The minimum absolute atomic E-state index is 0.0778. The van der Waals surface area contributed by atoms with E-state index in [0.29, 0.717) is 29.4 Å². The average Bonchev–Trinajstić information content (AvgIpc) is 2.74. The quantitative estimate of drug-likeness (QED) is 0.442. The first kappa shape index (κ1) is 21.7. The summed E-state index contributed by atoms with van der Waals surface area (Å²) in [5, 5.41) is 0. The van der Waals surface area contributed by atoms with Crippen LogP contribution < -0.4 is 0 Å². The summed E-state index contributed by atoms with van der Waals surface area (Å²) in [7, 11) is 0. The molecule has 3 rings (SSSR count). The zero-order chi connectivity index (χ0) is 20.8. The Balaban J connectivity index is 1.59. The summed E-state index contributed by atoms with van der Waals surface area (Å²) in [5.41, 5.74) is 2.63. The summed E-state index contributed by atoms with van der Waals surface area (Å²) in [6, 6.07) is 9.07. The highest BCUT2D eigenvalue weighted by Gasteiger charge is 2.22. The third kappa shape index (κ3) is 5.32. The Kier molecular flexibility index (Phi) is 7.57. The number of benzene rings is 2. The molecule has 0 radical (unpaired) electrons. The lowest BCUT2D eigenvalue weighted by Gasteiger charge is -2.27. The molecule has 0 unspecified atom stereocenters. The van der Waals surface area contributed by atoms with Gasteiger partial charge in [0.2, 0.25) is 0 Å². The minimum atomic E-state index is -0.757. The first-order valence-electron chi connectivity index (χ1n) is 11.0. The van der Waals surface area contributed by atoms with Crippen molar-refractivity contribution in [2.75, 3.05) is 0 Å². The predicted octanol–water partition coefficient (Wildman–Crippen LogP) is 8.00. The van der Waals surface area contributed by atoms with Crippen LogP contribution in [0.3, 0.4) is 0 Å². The third-order valence-electron chi connectivity index (χ3n) is 6.24. The molecular weight excluding hydrogens is 369 g/mol. The summed E-state index contributed by atoms with van der Waals surface area (Å²) < 4.78 is 42.5. The van der Waals surface area contributed by atoms with Crippen molar-refractivity contribution in [3.63, 3.8) is 0 Å². The van der Waals surface area contributed by atoms with E-state index in [1.54, 1.807) is 24.3 Å². The normalized spacial score (nSPS) is 19.8. The monoisotopic (exact) mass is 400 g/mol. The topological polar surface area (TPSA) is 0 Å². The van der Waals surface area contributed by atoms with Gasteiger partial charge in [0.05, 0.1) is 0 Å². The fourth-order valence-corrected chi connectivity index (χ4v) is 4.28. The highest BCUT2D eigenvalue weighted by Crippen LogP contribution is 2.37. The maximum Gasteiger partial charge on any atom is 0.166 e. The van der Waals surface area contributed by atoms with Crippen molar-refractivity contribution in [3.8, 4) is 0 Å². The van der Waals surface area contributed by atoms with E-state index in [1.165, 1.54) is 0 Å². The SMILES string of the molecule is CCCCc1ccc(C2CCC(C=Cc3ccc(CC)c(F)c3F)CC2)cc1F. The lowest BCUT2D eigenvalue weighted by molar-refractivity contribution is 0.376. The molecule has 2 aromatic carbocycles. The fraction of sp³-hybridized carbons (Fsp3) is 0.462. The number of hydrogen-bond acceptors (Lipinski definition) is 0. The van der Waals surface area contributed by atoms with Crippen LogP contribution in [0.4, 0.5) is 13.2 Å². The van der Waals surface area contributed by atoms with Gasteiger partial charge >= 0.3 is 0 Å². The largest absolute Gasteiger partial charge is 0.207 e. The fourth-order valence-electron chi connectivity index (χ4n) is 4.28. The van der Waals surface area contributed by atoms with Crippen LogP contribution in [0.5, 0.6) is 0 Å². The molecule has 0 N–H and O–H groups in total. The van der Waals surface area contributed by atoms with Crippen molar-refractivity contribution < 1.29 is 13.2 Å². The summed E-state index contributed by atoms with van der Waals surface area (Å²) in [4.78, 5) is 0. The van der Waals surface area contributed by atoms with Crippen LogP contribution in [-0.4, -0.2) is 0 Å². The van der Waals surface area contributed by atoms with Gasteiger partial charge in [0.15, 0.2) is 11.6 Å². The van der Waals surface area contributed by atoms with Crippen LogP contribution in [0.15, 0.2) is 36.4 Å². The standard InChI is InChI=1S/C26H31F3/c1-3-5-6-21-14-16-23(17-24(21)27)20-10-7-18(8-11-20)9-12-22-15-13-19(4-2)25(28)26(22)29/h9,12-18,20H,3-8,10-11H2,1-2H3. The van der Waals surface area contributed by atoms with Crippen molar-refractivity contribution in [3.05, 3.63) is 76.1 Å². The molecule has 0 heterocycles. The molecule has 29 heavy (non-hydrogen) atoms. The molecule has 2 aromatic rings. The van der Waals surface area contributed by atoms with Crippen LogP contribution in [0.2, 0.25) is 0 Å². The van der Waals surface area contributed by atoms with Gasteiger partial charge in [-0.15, -0.1) is 0 Å². The van der Waals surface area contributed by atoms with E-state index in [2.05, 4.69) is 13.0 Å². The zero-order valence-corrected chi connectivity index (χ0v) is 17.5. The molecule has 3 heteroatoms. The van der Waals surface area contributed by atoms with Gasteiger partial charge in [0, 0.05) is 5.56 Å². The van der Waals surface area contributed by atoms with Gasteiger partial charge in [-0.25, -0.2) is 13.2 Å². The number of aryl methyl sites for hydroxylation is 2. The zero-order valence-electron chi connectivity index (χ0n) is 17.5. The summed E-state index contributed by atoms with van der Waals surface area (Å²) in [6.07, 6.45) is 11.0. The molecule has 1 saturated carbocycles. The van der Waals surface area contributed by atoms with Gasteiger partial charge in [-0.2, -0.15) is 0 Å². The molecule has 0 nitrogen and oxygen atoms in total. The Morgan fingerprint density at radius 1 is 0.897 bits per heavy atom. The number of halogens is 3. The second kappa shape index (κ2) is 10.1. The summed E-state index contributed by atoms with van der Waals surface area (Å²) in [5.74, 6) is -0.831. The molecular formula is C26H31F3. The first-order valence-corrected chi connectivity index (χ1v) is 11.0. The van der Waals surface area contributed by atoms with Crippen molar-refractivity contribution in [1.82, 2.24) is 0 Å². The van der Waals surface area contributed by atoms with Crippen LogP contribution in [0.25, 0.3) is 6.08 Å². The van der Waals surface area contributed by atoms with E-state index in [4.69, 9.17) is 0 Å². The molecule has 0 spiro atoms. The summed E-state index contributed by atoms with van der Waals surface area (Å²) in [6.45, 7) is 3.93. The minimum Gasteiger partial charge on any atom is -0.207 e. The smallest absolute Gasteiger partial charge is 0.166 e. The summed E-state index contributed by atoms with van der Waals surface area (Å²) >= 11 is 0. The van der Waals surface area contributed by atoms with E-state index in [0.717, 1.165) is 56.1 Å². The molecule has 0 bridgehead atoms. The second-order valence-corrected chi connectivity index (χ2v) is 8.22. The number of rotatable bonds is 7. The Bertz CT molecular complexity index is 845. The van der Waals surface area contributed by atoms with Gasteiger partial charge < -0.3 is 0 Å². The maximum absolute atomic E-state index is 14.4. The van der Waals surface area contributed by atoms with Gasteiger partial charge in [0.1, 0.15) is 5.82 Å². The molecule has 1 aliphatic rings. The van der Waals surface area contributed by atoms with Gasteiger partial charge in [-0.1, -0.05) is 56.7 Å².